The van der Waals surface area contributed by atoms with E-state index < -0.39 is 0 Å². The second-order valence-electron chi connectivity index (χ2n) is 8.36. The molecule has 0 unspecified atom stereocenters. The molecule has 0 bridgehead atoms. The average molecular weight is 363 g/mol. The number of aromatic nitrogens is 3. The zero-order valence-electron chi connectivity index (χ0n) is 15.6. The highest BCUT2D eigenvalue weighted by atomic mass is 32.2. The molecule has 3 saturated carbocycles. The highest BCUT2D eigenvalue weighted by molar-refractivity contribution is 8.00. The summed E-state index contributed by atoms with van der Waals surface area (Å²) in [4.78, 5) is 12.7. The molecule has 3 fully saturated rings. The minimum Gasteiger partial charge on any atom is -0.352 e. The van der Waals surface area contributed by atoms with E-state index >= 15 is 0 Å². The van der Waals surface area contributed by atoms with Crippen molar-refractivity contribution in [3.63, 3.8) is 0 Å². The van der Waals surface area contributed by atoms with Crippen molar-refractivity contribution < 1.29 is 4.79 Å². The molecule has 138 valence electrons. The molecule has 0 saturated heterocycles. The molecular formula is C19H30N4OS. The Kier molecular flexibility index (Phi) is 4.82. The van der Waals surface area contributed by atoms with E-state index in [1.165, 1.54) is 38.5 Å². The highest BCUT2D eigenvalue weighted by Crippen LogP contribution is 2.46. The van der Waals surface area contributed by atoms with Gasteiger partial charge < -0.3 is 9.88 Å². The minimum atomic E-state index is -0.127. The molecule has 1 N–H and O–H groups in total. The van der Waals surface area contributed by atoms with Crippen LogP contribution in [0.2, 0.25) is 0 Å². The first-order chi connectivity index (χ1) is 12.0. The van der Waals surface area contributed by atoms with Crippen molar-refractivity contribution in [1.29, 1.82) is 0 Å². The summed E-state index contributed by atoms with van der Waals surface area (Å²) in [6.07, 6.45) is 8.54. The van der Waals surface area contributed by atoms with Crippen molar-refractivity contribution in [3.05, 3.63) is 5.82 Å². The Labute approximate surface area is 154 Å². The van der Waals surface area contributed by atoms with Crippen molar-refractivity contribution >= 4 is 17.7 Å². The second-order valence-corrected chi connectivity index (χ2v) is 9.67. The molecule has 3 aliphatic rings. The average Bonchev–Trinajstić information content (AvgIpc) is 3.50. The van der Waals surface area contributed by atoms with E-state index in [-0.39, 0.29) is 11.2 Å². The number of hydrogen-bond acceptors (Lipinski definition) is 4. The van der Waals surface area contributed by atoms with Crippen LogP contribution in [0.1, 0.15) is 83.5 Å². The quantitative estimate of drug-likeness (QED) is 0.780. The first-order valence-corrected chi connectivity index (χ1v) is 10.8. The Balaban J connectivity index is 1.40. The van der Waals surface area contributed by atoms with Crippen molar-refractivity contribution in [2.75, 3.05) is 0 Å². The van der Waals surface area contributed by atoms with Crippen molar-refractivity contribution in [3.8, 4) is 0 Å². The van der Waals surface area contributed by atoms with Gasteiger partial charge in [0, 0.05) is 18.0 Å². The highest BCUT2D eigenvalue weighted by Gasteiger charge is 2.37. The van der Waals surface area contributed by atoms with Crippen LogP contribution >= 0.6 is 11.8 Å². The summed E-state index contributed by atoms with van der Waals surface area (Å²) in [6, 6.07) is 0.894. The molecule has 25 heavy (non-hydrogen) atoms. The number of carbonyl (C=O) groups is 1. The molecule has 1 amide bonds. The fraction of sp³-hybridized carbons (Fsp3) is 0.842. The molecule has 0 aromatic carbocycles. The molecule has 0 aliphatic heterocycles. The molecule has 4 rings (SSSR count). The van der Waals surface area contributed by atoms with Gasteiger partial charge in [0.25, 0.3) is 0 Å². The first-order valence-electron chi connectivity index (χ1n) is 9.96. The molecule has 3 aliphatic carbocycles. The van der Waals surface area contributed by atoms with E-state index in [9.17, 15) is 4.79 Å². The van der Waals surface area contributed by atoms with Crippen molar-refractivity contribution in [1.82, 2.24) is 20.1 Å². The summed E-state index contributed by atoms with van der Waals surface area (Å²) in [6.45, 7) is 6.58. The van der Waals surface area contributed by atoms with Crippen LogP contribution in [-0.4, -0.2) is 32.0 Å². The first kappa shape index (κ1) is 17.4. The second kappa shape index (κ2) is 6.93. The predicted molar refractivity (Wildman–Crippen MR) is 99.7 cm³/mol. The number of carbonyl (C=O) groups excluding carboxylic acids is 1. The van der Waals surface area contributed by atoms with Gasteiger partial charge in [-0.3, -0.25) is 4.79 Å². The van der Waals surface area contributed by atoms with E-state index in [0.717, 1.165) is 17.4 Å². The summed E-state index contributed by atoms with van der Waals surface area (Å²) in [7, 11) is 0. The summed E-state index contributed by atoms with van der Waals surface area (Å²) < 4.78 is 2.33. The lowest BCUT2D eigenvalue weighted by Crippen LogP contribution is -2.46. The van der Waals surface area contributed by atoms with Crippen LogP contribution in [0.15, 0.2) is 5.16 Å². The van der Waals surface area contributed by atoms with E-state index in [1.54, 1.807) is 11.8 Å². The third kappa shape index (κ3) is 3.74. The fourth-order valence-corrected chi connectivity index (χ4v) is 4.90. The molecule has 1 aromatic rings. The smallest absolute Gasteiger partial charge is 0.233 e. The maximum atomic E-state index is 12.7. The monoisotopic (exact) mass is 362 g/mol. The van der Waals surface area contributed by atoms with Crippen LogP contribution in [0.4, 0.5) is 0 Å². The van der Waals surface area contributed by atoms with Crippen LogP contribution in [-0.2, 0) is 4.79 Å². The van der Waals surface area contributed by atoms with Crippen LogP contribution in [0.25, 0.3) is 0 Å². The summed E-state index contributed by atoms with van der Waals surface area (Å²) >= 11 is 1.58. The Morgan fingerprint density at radius 3 is 2.60 bits per heavy atom. The maximum absolute atomic E-state index is 12.7. The summed E-state index contributed by atoms with van der Waals surface area (Å²) in [5.41, 5.74) is 0. The topological polar surface area (TPSA) is 59.8 Å². The zero-order valence-corrected chi connectivity index (χ0v) is 16.4. The van der Waals surface area contributed by atoms with Crippen LogP contribution < -0.4 is 5.32 Å². The zero-order chi connectivity index (χ0) is 17.6. The van der Waals surface area contributed by atoms with Gasteiger partial charge in [-0.25, -0.2) is 0 Å². The number of hydrogen-bond donors (Lipinski definition) is 1. The Hall–Kier alpha value is -1.04. The van der Waals surface area contributed by atoms with E-state index in [4.69, 9.17) is 0 Å². The number of amides is 1. The molecule has 1 heterocycles. The van der Waals surface area contributed by atoms with Crippen molar-refractivity contribution in [2.45, 2.75) is 94.1 Å². The third-order valence-electron chi connectivity index (χ3n) is 6.23. The number of thioether (sulfide) groups is 1. The number of nitrogens with zero attached hydrogens (tertiary/aromatic N) is 3. The van der Waals surface area contributed by atoms with Gasteiger partial charge in [-0.2, -0.15) is 0 Å². The van der Waals surface area contributed by atoms with Crippen LogP contribution in [0.5, 0.6) is 0 Å². The third-order valence-corrected chi connectivity index (χ3v) is 7.29. The lowest BCUT2D eigenvalue weighted by molar-refractivity contribution is -0.121. The normalized spacial score (nSPS) is 30.9. The Morgan fingerprint density at radius 1 is 1.16 bits per heavy atom. The van der Waals surface area contributed by atoms with Crippen LogP contribution in [0, 0.1) is 11.8 Å². The van der Waals surface area contributed by atoms with Gasteiger partial charge in [-0.15, -0.1) is 10.2 Å². The maximum Gasteiger partial charge on any atom is 0.233 e. The van der Waals surface area contributed by atoms with Crippen LogP contribution in [0.3, 0.4) is 0 Å². The summed E-state index contributed by atoms with van der Waals surface area (Å²) in [5.74, 6) is 3.17. The Bertz CT molecular complexity index is 637. The largest absolute Gasteiger partial charge is 0.352 e. The summed E-state index contributed by atoms with van der Waals surface area (Å²) in [5, 5.41) is 13.0. The molecule has 0 radical (unpaired) electrons. The van der Waals surface area contributed by atoms with Gasteiger partial charge in [0.05, 0.1) is 5.25 Å². The van der Waals surface area contributed by atoms with E-state index in [0.29, 0.717) is 29.8 Å². The molecule has 0 spiro atoms. The van der Waals surface area contributed by atoms with Gasteiger partial charge in [-0.1, -0.05) is 38.5 Å². The lowest BCUT2D eigenvalue weighted by Gasteiger charge is -2.35. The molecule has 4 atom stereocenters. The van der Waals surface area contributed by atoms with E-state index in [1.807, 2.05) is 6.92 Å². The SMILES string of the molecule is C[C@H]1[C@@H](NC(=O)[C@@H](C)Sc2nnc(C3CC3)n2C2CC2)CCC[C@@H]1C. The molecular weight excluding hydrogens is 332 g/mol. The molecule has 1 aromatic heterocycles. The minimum absolute atomic E-state index is 0.127. The number of rotatable bonds is 6. The van der Waals surface area contributed by atoms with Gasteiger partial charge >= 0.3 is 0 Å². The van der Waals surface area contributed by atoms with E-state index in [2.05, 4.69) is 33.9 Å². The van der Waals surface area contributed by atoms with Gasteiger partial charge in [0.15, 0.2) is 5.16 Å². The standard InChI is InChI=1S/C19H30N4OS/c1-11-5-4-6-16(12(11)2)20-18(24)13(3)25-19-22-21-17(14-7-8-14)23(19)15-9-10-15/h11-16H,4-10H2,1-3H3,(H,20,24)/t11-,12+,13+,16-/m0/s1. The fourth-order valence-electron chi connectivity index (χ4n) is 3.96. The lowest BCUT2D eigenvalue weighted by atomic mass is 9.78. The van der Waals surface area contributed by atoms with Gasteiger partial charge in [-0.05, 0) is 50.9 Å². The number of nitrogens with one attached hydrogen (secondary N) is 1. The Morgan fingerprint density at radius 2 is 1.92 bits per heavy atom. The van der Waals surface area contributed by atoms with Gasteiger partial charge in [0.1, 0.15) is 5.82 Å². The molecule has 6 heteroatoms. The molecule has 5 nitrogen and oxygen atoms in total. The van der Waals surface area contributed by atoms with Crippen molar-refractivity contribution in [2.24, 2.45) is 11.8 Å². The van der Waals surface area contributed by atoms with Gasteiger partial charge in [0.2, 0.25) is 5.91 Å². The predicted octanol–water partition coefficient (Wildman–Crippen LogP) is 3.91.